The van der Waals surface area contributed by atoms with Crippen molar-refractivity contribution in [2.45, 2.75) is 32.6 Å². The van der Waals surface area contributed by atoms with Crippen LogP contribution >= 0.6 is 0 Å². The van der Waals surface area contributed by atoms with Crippen LogP contribution in [-0.2, 0) is 23.7 Å². The molecular weight excluding hydrogens is 520 g/mol. The molecule has 0 saturated carbocycles. The molecule has 0 bridgehead atoms. The molecule has 0 aliphatic rings. The molecule has 0 aliphatic carbocycles. The third-order valence-corrected chi connectivity index (χ3v) is 6.56. The number of primary amides is 1. The lowest BCUT2D eigenvalue weighted by atomic mass is 9.92. The Morgan fingerprint density at radius 3 is 2.54 bits per heavy atom. The number of hydrogen-bond acceptors (Lipinski definition) is 6. The number of nitrogens with zero attached hydrogens (tertiary/aromatic N) is 5. The Balaban J connectivity index is 1.43. The first kappa shape index (κ1) is 27.3. The molecule has 3 aromatic heterocycles. The number of fused-ring (bicyclic) bond motifs is 1. The van der Waals surface area contributed by atoms with Crippen molar-refractivity contribution in [3.63, 3.8) is 0 Å². The predicted molar refractivity (Wildman–Crippen MR) is 158 cm³/mol. The number of urea groups is 1. The molecule has 5 rings (SSSR count). The van der Waals surface area contributed by atoms with Gasteiger partial charge in [-0.2, -0.15) is 5.10 Å². The molecule has 41 heavy (non-hydrogen) atoms. The average molecular weight is 551 g/mol. The van der Waals surface area contributed by atoms with Gasteiger partial charge in [-0.15, -0.1) is 0 Å². The van der Waals surface area contributed by atoms with Gasteiger partial charge in [-0.05, 0) is 41.5 Å². The van der Waals surface area contributed by atoms with Crippen LogP contribution in [0.3, 0.4) is 0 Å². The average Bonchev–Trinajstić information content (AvgIpc) is 3.35. The van der Waals surface area contributed by atoms with Crippen molar-refractivity contribution in [3.05, 3.63) is 94.8 Å². The fourth-order valence-corrected chi connectivity index (χ4v) is 4.49. The van der Waals surface area contributed by atoms with Gasteiger partial charge in [0.15, 0.2) is 0 Å². The lowest BCUT2D eigenvalue weighted by Crippen LogP contribution is -2.22. The van der Waals surface area contributed by atoms with Gasteiger partial charge in [0.2, 0.25) is 5.91 Å². The van der Waals surface area contributed by atoms with Crippen molar-refractivity contribution in [1.82, 2.24) is 24.3 Å². The Labute approximate surface area is 236 Å². The first-order valence-corrected chi connectivity index (χ1v) is 13.0. The van der Waals surface area contributed by atoms with Crippen molar-refractivity contribution in [3.8, 4) is 16.8 Å². The fourth-order valence-electron chi connectivity index (χ4n) is 4.49. The Morgan fingerprint density at radius 1 is 1.00 bits per heavy atom. The zero-order chi connectivity index (χ0) is 29.3. The first-order chi connectivity index (χ1) is 19.5. The number of aryl methyl sites for hydroxylation is 1. The smallest absolute Gasteiger partial charge is 0.324 e. The first-order valence-electron chi connectivity index (χ1n) is 13.0. The quantitative estimate of drug-likeness (QED) is 0.289. The summed E-state index contributed by atoms with van der Waals surface area (Å²) in [7, 11) is 1.66. The molecule has 208 valence electrons. The number of benzene rings is 2. The molecule has 0 fully saturated rings. The summed E-state index contributed by atoms with van der Waals surface area (Å²) in [6.07, 6.45) is 3.15. The van der Waals surface area contributed by atoms with E-state index in [-0.39, 0.29) is 17.4 Å². The van der Waals surface area contributed by atoms with Gasteiger partial charge in [0, 0.05) is 41.4 Å². The second kappa shape index (κ2) is 10.7. The minimum absolute atomic E-state index is 0.0914. The van der Waals surface area contributed by atoms with Crippen LogP contribution in [-0.4, -0.2) is 36.3 Å². The maximum atomic E-state index is 13.2. The lowest BCUT2D eigenvalue weighted by molar-refractivity contribution is -0.117. The summed E-state index contributed by atoms with van der Waals surface area (Å²) in [6, 6.07) is 17.4. The van der Waals surface area contributed by atoms with E-state index in [1.165, 1.54) is 10.9 Å². The summed E-state index contributed by atoms with van der Waals surface area (Å²) in [6.45, 7) is 6.09. The zero-order valence-electron chi connectivity index (χ0n) is 23.2. The number of hydrogen-bond donors (Lipinski definition) is 3. The molecule has 0 spiro atoms. The summed E-state index contributed by atoms with van der Waals surface area (Å²) in [5.74, 6) is 0.0102. The van der Waals surface area contributed by atoms with Gasteiger partial charge in [-0.1, -0.05) is 45.0 Å². The second-order valence-corrected chi connectivity index (χ2v) is 10.8. The Bertz CT molecular complexity index is 1850. The van der Waals surface area contributed by atoms with Crippen molar-refractivity contribution in [2.75, 3.05) is 10.6 Å². The topological polar surface area (TPSA) is 150 Å². The summed E-state index contributed by atoms with van der Waals surface area (Å²) in [4.78, 5) is 45.9. The van der Waals surface area contributed by atoms with E-state index in [9.17, 15) is 14.4 Å². The Hall–Kier alpha value is -5.32. The van der Waals surface area contributed by atoms with Crippen LogP contribution in [0.2, 0.25) is 0 Å². The molecule has 11 nitrogen and oxygen atoms in total. The number of anilines is 2. The monoisotopic (exact) mass is 550 g/mol. The van der Waals surface area contributed by atoms with E-state index in [1.54, 1.807) is 48.3 Å². The van der Waals surface area contributed by atoms with Crippen molar-refractivity contribution >= 4 is 34.5 Å². The van der Waals surface area contributed by atoms with Crippen LogP contribution in [0.1, 0.15) is 32.0 Å². The number of nitrogens with one attached hydrogen (secondary N) is 2. The van der Waals surface area contributed by atoms with E-state index in [4.69, 9.17) is 10.8 Å². The van der Waals surface area contributed by atoms with Gasteiger partial charge in [0.1, 0.15) is 17.8 Å². The van der Waals surface area contributed by atoms with E-state index >= 15 is 0 Å². The van der Waals surface area contributed by atoms with Gasteiger partial charge in [-0.3, -0.25) is 19.5 Å². The van der Waals surface area contributed by atoms with Crippen LogP contribution in [0.25, 0.3) is 27.8 Å². The minimum atomic E-state index is -0.489. The van der Waals surface area contributed by atoms with Crippen molar-refractivity contribution in [2.24, 2.45) is 12.8 Å². The predicted octanol–water partition coefficient (Wildman–Crippen LogP) is 4.15. The molecule has 3 heterocycles. The molecule has 3 amide bonds. The number of rotatable bonds is 6. The maximum Gasteiger partial charge on any atom is 0.324 e. The third-order valence-electron chi connectivity index (χ3n) is 6.56. The number of aromatic nitrogens is 5. The second-order valence-electron chi connectivity index (χ2n) is 10.8. The van der Waals surface area contributed by atoms with Gasteiger partial charge < -0.3 is 11.1 Å². The maximum absolute atomic E-state index is 13.2. The number of pyridine rings is 1. The van der Waals surface area contributed by atoms with Crippen LogP contribution in [0.4, 0.5) is 16.3 Å². The molecule has 0 unspecified atom stereocenters. The molecule has 5 aromatic rings. The van der Waals surface area contributed by atoms with E-state index in [1.807, 2.05) is 51.1 Å². The van der Waals surface area contributed by atoms with E-state index in [0.29, 0.717) is 34.0 Å². The van der Waals surface area contributed by atoms with Gasteiger partial charge in [-0.25, -0.2) is 19.4 Å². The number of nitrogens with two attached hydrogens (primary N) is 1. The Kier molecular flexibility index (Phi) is 7.10. The molecule has 0 saturated heterocycles. The summed E-state index contributed by atoms with van der Waals surface area (Å²) >= 11 is 0. The molecule has 11 heteroatoms. The standard InChI is InChI=1S/C30H30N8O3/c1-30(2,3)24-15-26(38(36-24)22-10-5-7-18(11-22)12-25(31)39)35-29(41)34-21-9-6-8-19(13-21)23-14-20-16-32-17-33-27(20)37(4)28(23)40/h5-11,13-17H,12H2,1-4H3,(H2,31,39)(H2,34,35,41). The summed E-state index contributed by atoms with van der Waals surface area (Å²) in [5, 5.41) is 11.2. The highest BCUT2D eigenvalue weighted by molar-refractivity contribution is 6.00. The number of amides is 3. The highest BCUT2D eigenvalue weighted by atomic mass is 16.2. The summed E-state index contributed by atoms with van der Waals surface area (Å²) in [5.41, 5.74) is 9.20. The van der Waals surface area contributed by atoms with Crippen LogP contribution in [0, 0.1) is 0 Å². The Morgan fingerprint density at radius 2 is 1.78 bits per heavy atom. The molecule has 0 aliphatic heterocycles. The molecule has 0 atom stereocenters. The lowest BCUT2D eigenvalue weighted by Gasteiger charge is -2.14. The number of carbonyl (C=O) groups excluding carboxylic acids is 2. The van der Waals surface area contributed by atoms with Crippen LogP contribution < -0.4 is 21.9 Å². The van der Waals surface area contributed by atoms with Crippen LogP contribution in [0.5, 0.6) is 0 Å². The van der Waals surface area contributed by atoms with Crippen LogP contribution in [0.15, 0.2) is 78.0 Å². The SMILES string of the molecule is Cn1c(=O)c(-c2cccc(NC(=O)Nc3cc(C(C)(C)C)nn3-c3cccc(CC(N)=O)c3)c2)cc2cncnc21. The van der Waals surface area contributed by atoms with E-state index in [2.05, 4.69) is 20.6 Å². The van der Waals surface area contributed by atoms with E-state index < -0.39 is 11.9 Å². The zero-order valence-corrected chi connectivity index (χ0v) is 23.2. The van der Waals surface area contributed by atoms with Gasteiger partial charge in [0.05, 0.1) is 17.8 Å². The van der Waals surface area contributed by atoms with Gasteiger partial charge in [0.25, 0.3) is 5.56 Å². The minimum Gasteiger partial charge on any atom is -0.369 e. The highest BCUT2D eigenvalue weighted by Crippen LogP contribution is 2.27. The fraction of sp³-hybridized carbons (Fsp3) is 0.200. The van der Waals surface area contributed by atoms with Crippen molar-refractivity contribution in [1.29, 1.82) is 0 Å². The molecule has 2 aromatic carbocycles. The molecular formula is C30H30N8O3. The largest absolute Gasteiger partial charge is 0.369 e. The molecule has 4 N–H and O–H groups in total. The highest BCUT2D eigenvalue weighted by Gasteiger charge is 2.22. The normalized spacial score (nSPS) is 11.4. The van der Waals surface area contributed by atoms with Gasteiger partial charge >= 0.3 is 6.03 Å². The summed E-state index contributed by atoms with van der Waals surface area (Å²) < 4.78 is 3.10. The number of carbonyl (C=O) groups is 2. The van der Waals surface area contributed by atoms with Crippen molar-refractivity contribution < 1.29 is 9.59 Å². The third kappa shape index (κ3) is 5.83. The van der Waals surface area contributed by atoms with E-state index in [0.717, 1.165) is 16.6 Å². The molecule has 0 radical (unpaired) electrons.